The van der Waals surface area contributed by atoms with Crippen LogP contribution in [0.15, 0.2) is 24.3 Å². The number of ether oxygens (including phenoxy) is 1. The molecule has 0 bridgehead atoms. The molecule has 1 saturated heterocycles. The second-order valence-corrected chi connectivity index (χ2v) is 7.56. The average Bonchev–Trinajstić information content (AvgIpc) is 3.17. The largest absolute Gasteiger partial charge is 0.466 e. The van der Waals surface area contributed by atoms with Crippen molar-refractivity contribution in [1.29, 1.82) is 0 Å². The third kappa shape index (κ3) is 4.99. The lowest BCUT2D eigenvalue weighted by Crippen LogP contribution is -2.42. The van der Waals surface area contributed by atoms with Gasteiger partial charge in [-0.15, -0.1) is 0 Å². The Bertz CT molecular complexity index is 659. The van der Waals surface area contributed by atoms with E-state index in [9.17, 15) is 14.0 Å². The summed E-state index contributed by atoms with van der Waals surface area (Å²) in [6.45, 7) is 3.58. The number of hydrogen-bond acceptors (Lipinski definition) is 3. The van der Waals surface area contributed by atoms with E-state index in [1.807, 2.05) is 17.9 Å². The maximum Gasteiger partial charge on any atom is 0.317 e. The molecule has 0 spiro atoms. The minimum atomic E-state index is -0.266. The number of esters is 1. The summed E-state index contributed by atoms with van der Waals surface area (Å²) in [7, 11) is 0. The Hall–Kier alpha value is -2.11. The van der Waals surface area contributed by atoms with E-state index >= 15 is 0 Å². The van der Waals surface area contributed by atoms with Gasteiger partial charge in [0.05, 0.1) is 18.6 Å². The molecule has 148 valence electrons. The van der Waals surface area contributed by atoms with Crippen molar-refractivity contribution in [2.24, 2.45) is 11.8 Å². The maximum absolute atomic E-state index is 13.5. The molecule has 1 aromatic carbocycles. The molecule has 27 heavy (non-hydrogen) atoms. The van der Waals surface area contributed by atoms with E-state index in [2.05, 4.69) is 5.32 Å². The number of rotatable bonds is 5. The molecule has 1 saturated carbocycles. The van der Waals surface area contributed by atoms with E-state index in [1.54, 1.807) is 6.07 Å². The Kier molecular flexibility index (Phi) is 6.69. The molecule has 1 heterocycles. The zero-order chi connectivity index (χ0) is 19.2. The van der Waals surface area contributed by atoms with Gasteiger partial charge in [0.1, 0.15) is 5.82 Å². The summed E-state index contributed by atoms with van der Waals surface area (Å²) in [4.78, 5) is 26.3. The van der Waals surface area contributed by atoms with E-state index in [0.29, 0.717) is 25.6 Å². The fourth-order valence-corrected chi connectivity index (χ4v) is 4.27. The topological polar surface area (TPSA) is 58.6 Å². The Labute approximate surface area is 160 Å². The van der Waals surface area contributed by atoms with Crippen molar-refractivity contribution in [2.45, 2.75) is 51.5 Å². The van der Waals surface area contributed by atoms with Gasteiger partial charge in [0, 0.05) is 13.1 Å². The third-order valence-electron chi connectivity index (χ3n) is 5.76. The van der Waals surface area contributed by atoms with Crippen molar-refractivity contribution in [1.82, 2.24) is 10.2 Å². The van der Waals surface area contributed by atoms with Crippen molar-refractivity contribution in [3.63, 3.8) is 0 Å². The molecular formula is C21H29FN2O3. The van der Waals surface area contributed by atoms with Gasteiger partial charge < -0.3 is 15.0 Å². The summed E-state index contributed by atoms with van der Waals surface area (Å²) < 4.78 is 18.6. The standard InChI is InChI=1S/C21H29FN2O3/c1-2-27-20(25)16-10-8-15(9-11-16)14-23-21(26)24-12-4-7-19(24)17-5-3-6-18(22)13-17/h3,5-6,13,15-16,19H,2,4,7-12,14H2,1H3,(H,23,26). The first-order valence-corrected chi connectivity index (χ1v) is 10.0. The van der Waals surface area contributed by atoms with Crippen LogP contribution in [0.1, 0.15) is 57.1 Å². The van der Waals surface area contributed by atoms with Crippen molar-refractivity contribution >= 4 is 12.0 Å². The fraction of sp³-hybridized carbons (Fsp3) is 0.619. The van der Waals surface area contributed by atoms with Crippen LogP contribution >= 0.6 is 0 Å². The summed E-state index contributed by atoms with van der Waals surface area (Å²) in [6, 6.07) is 6.40. The Balaban J connectivity index is 1.47. The monoisotopic (exact) mass is 376 g/mol. The number of amides is 2. The highest BCUT2D eigenvalue weighted by Crippen LogP contribution is 2.33. The van der Waals surface area contributed by atoms with Crippen LogP contribution in [0, 0.1) is 17.7 Å². The molecule has 0 aromatic heterocycles. The van der Waals surface area contributed by atoms with Crippen molar-refractivity contribution in [3.05, 3.63) is 35.6 Å². The highest BCUT2D eigenvalue weighted by atomic mass is 19.1. The molecule has 2 amide bonds. The van der Waals surface area contributed by atoms with Crippen LogP contribution in [0.4, 0.5) is 9.18 Å². The van der Waals surface area contributed by atoms with Gasteiger partial charge in [0.2, 0.25) is 0 Å². The lowest BCUT2D eigenvalue weighted by atomic mass is 9.82. The fourth-order valence-electron chi connectivity index (χ4n) is 4.27. The lowest BCUT2D eigenvalue weighted by molar-refractivity contribution is -0.149. The van der Waals surface area contributed by atoms with Gasteiger partial charge in [-0.1, -0.05) is 12.1 Å². The second-order valence-electron chi connectivity index (χ2n) is 7.56. The molecule has 6 heteroatoms. The maximum atomic E-state index is 13.5. The molecule has 1 atom stereocenters. The van der Waals surface area contributed by atoms with E-state index in [-0.39, 0.29) is 29.8 Å². The van der Waals surface area contributed by atoms with Gasteiger partial charge in [-0.3, -0.25) is 4.79 Å². The second kappa shape index (κ2) is 9.20. The van der Waals surface area contributed by atoms with Crippen LogP contribution in [0.2, 0.25) is 0 Å². The number of nitrogens with zero attached hydrogens (tertiary/aromatic N) is 1. The first-order chi connectivity index (χ1) is 13.1. The number of benzene rings is 1. The van der Waals surface area contributed by atoms with Gasteiger partial charge in [-0.05, 0) is 69.1 Å². The normalized spacial score (nSPS) is 25.3. The Morgan fingerprint density at radius 2 is 2.00 bits per heavy atom. The quantitative estimate of drug-likeness (QED) is 0.789. The van der Waals surface area contributed by atoms with Crippen LogP contribution in [-0.4, -0.2) is 36.6 Å². The predicted molar refractivity (Wildman–Crippen MR) is 101 cm³/mol. The van der Waals surface area contributed by atoms with Crippen LogP contribution in [-0.2, 0) is 9.53 Å². The molecule has 1 aromatic rings. The number of carbonyl (C=O) groups is 2. The molecule has 0 radical (unpaired) electrons. The van der Waals surface area contributed by atoms with Crippen LogP contribution in [0.25, 0.3) is 0 Å². The molecule has 2 aliphatic rings. The molecule has 1 aliphatic heterocycles. The minimum Gasteiger partial charge on any atom is -0.466 e. The summed E-state index contributed by atoms with van der Waals surface area (Å²) in [5, 5.41) is 3.05. The summed E-state index contributed by atoms with van der Waals surface area (Å²) in [5.41, 5.74) is 0.859. The molecule has 5 nitrogen and oxygen atoms in total. The van der Waals surface area contributed by atoms with Gasteiger partial charge in [0.15, 0.2) is 0 Å². The molecule has 1 aliphatic carbocycles. The number of urea groups is 1. The number of nitrogens with one attached hydrogen (secondary N) is 1. The first-order valence-electron chi connectivity index (χ1n) is 10.0. The highest BCUT2D eigenvalue weighted by Gasteiger charge is 2.31. The smallest absolute Gasteiger partial charge is 0.317 e. The van der Waals surface area contributed by atoms with Crippen molar-refractivity contribution < 1.29 is 18.7 Å². The SMILES string of the molecule is CCOC(=O)C1CCC(CNC(=O)N2CCCC2c2cccc(F)c2)CC1. The molecular weight excluding hydrogens is 347 g/mol. The van der Waals surface area contributed by atoms with Gasteiger partial charge in [0.25, 0.3) is 0 Å². The zero-order valence-corrected chi connectivity index (χ0v) is 16.0. The van der Waals surface area contributed by atoms with E-state index in [0.717, 1.165) is 44.1 Å². The van der Waals surface area contributed by atoms with E-state index in [1.165, 1.54) is 12.1 Å². The summed E-state index contributed by atoms with van der Waals surface area (Å²) in [6.07, 6.45) is 5.30. The molecule has 1 N–H and O–H groups in total. The van der Waals surface area contributed by atoms with E-state index in [4.69, 9.17) is 4.74 Å². The highest BCUT2D eigenvalue weighted by molar-refractivity contribution is 5.75. The summed E-state index contributed by atoms with van der Waals surface area (Å²) >= 11 is 0. The van der Waals surface area contributed by atoms with Crippen LogP contribution in [0.3, 0.4) is 0 Å². The van der Waals surface area contributed by atoms with Crippen LogP contribution < -0.4 is 5.32 Å². The summed E-state index contributed by atoms with van der Waals surface area (Å²) in [5.74, 6) is 0.0517. The van der Waals surface area contributed by atoms with Gasteiger partial charge >= 0.3 is 12.0 Å². The van der Waals surface area contributed by atoms with Crippen LogP contribution in [0.5, 0.6) is 0 Å². The molecule has 3 rings (SSSR count). The number of carbonyl (C=O) groups excluding carboxylic acids is 2. The third-order valence-corrected chi connectivity index (χ3v) is 5.76. The van der Waals surface area contributed by atoms with Gasteiger partial charge in [-0.25, -0.2) is 9.18 Å². The average molecular weight is 376 g/mol. The predicted octanol–water partition coefficient (Wildman–Crippen LogP) is 4.04. The van der Waals surface area contributed by atoms with Gasteiger partial charge in [-0.2, -0.15) is 0 Å². The number of likely N-dealkylation sites (tertiary alicyclic amines) is 1. The van der Waals surface area contributed by atoms with E-state index < -0.39 is 0 Å². The Morgan fingerprint density at radius 3 is 2.70 bits per heavy atom. The first kappa shape index (κ1) is 19.6. The lowest BCUT2D eigenvalue weighted by Gasteiger charge is -2.29. The minimum absolute atomic E-state index is 0.00726. The molecule has 2 fully saturated rings. The Morgan fingerprint density at radius 1 is 1.22 bits per heavy atom. The molecule has 1 unspecified atom stereocenters. The van der Waals surface area contributed by atoms with Crippen molar-refractivity contribution in [2.75, 3.05) is 19.7 Å². The van der Waals surface area contributed by atoms with Crippen molar-refractivity contribution in [3.8, 4) is 0 Å². The zero-order valence-electron chi connectivity index (χ0n) is 16.0. The number of halogens is 1. The number of hydrogen-bond donors (Lipinski definition) is 1.